The zero-order chi connectivity index (χ0) is 14.7. The molecule has 0 atom stereocenters. The van der Waals surface area contributed by atoms with E-state index in [0.29, 0.717) is 10.9 Å². The fraction of sp³-hybridized carbons (Fsp3) is 0.154. The van der Waals surface area contributed by atoms with E-state index in [1.807, 2.05) is 30.3 Å². The smallest absolute Gasteiger partial charge is 0.332 e. The molecule has 7 heteroatoms. The third-order valence-corrected chi connectivity index (χ3v) is 3.00. The highest BCUT2D eigenvalue weighted by molar-refractivity contribution is 7.80. The third-order valence-electron chi connectivity index (χ3n) is 2.80. The van der Waals surface area contributed by atoms with Crippen molar-refractivity contribution in [3.8, 4) is 0 Å². The molecule has 0 unspecified atom stereocenters. The number of hydrogen-bond acceptors (Lipinski definition) is 3. The minimum Gasteiger partial charge on any atom is -0.332 e. The van der Waals surface area contributed by atoms with E-state index in [4.69, 9.17) is 12.2 Å². The van der Waals surface area contributed by atoms with E-state index < -0.39 is 11.2 Å². The van der Waals surface area contributed by atoms with Gasteiger partial charge in [-0.2, -0.15) is 0 Å². The number of nitrogens with one attached hydrogen (secondary N) is 2. The van der Waals surface area contributed by atoms with Gasteiger partial charge in [-0.25, -0.2) is 4.79 Å². The van der Waals surface area contributed by atoms with Crippen LogP contribution in [0.15, 0.2) is 46.0 Å². The van der Waals surface area contributed by atoms with Crippen molar-refractivity contribution in [2.75, 3.05) is 10.6 Å². The summed E-state index contributed by atoms with van der Waals surface area (Å²) in [5, 5.41) is 6.11. The Morgan fingerprint density at radius 2 is 1.70 bits per heavy atom. The number of anilines is 2. The first kappa shape index (κ1) is 14.0. The monoisotopic (exact) mass is 290 g/mol. The van der Waals surface area contributed by atoms with Crippen LogP contribution in [0.2, 0.25) is 0 Å². The van der Waals surface area contributed by atoms with E-state index in [2.05, 4.69) is 10.6 Å². The summed E-state index contributed by atoms with van der Waals surface area (Å²) in [5.74, 6) is 0.339. The van der Waals surface area contributed by atoms with Crippen molar-refractivity contribution in [3.05, 3.63) is 57.2 Å². The molecular weight excluding hydrogens is 276 g/mol. The molecule has 20 heavy (non-hydrogen) atoms. The Bertz CT molecular complexity index is 749. The molecule has 0 aliphatic heterocycles. The van der Waals surface area contributed by atoms with Crippen molar-refractivity contribution in [2.24, 2.45) is 14.1 Å². The van der Waals surface area contributed by atoms with E-state index in [0.717, 1.165) is 10.3 Å². The highest BCUT2D eigenvalue weighted by Crippen LogP contribution is 2.06. The SMILES string of the molecule is Cn1c(NC(=S)Nc2ccccc2)cc(=O)n(C)c1=O. The molecule has 104 valence electrons. The average Bonchev–Trinajstić information content (AvgIpc) is 2.43. The van der Waals surface area contributed by atoms with Crippen LogP contribution >= 0.6 is 12.2 Å². The molecule has 2 aromatic rings. The van der Waals surface area contributed by atoms with Crippen molar-refractivity contribution < 1.29 is 0 Å². The van der Waals surface area contributed by atoms with Crippen LogP contribution in [-0.2, 0) is 14.1 Å². The Kier molecular flexibility index (Phi) is 3.99. The second-order valence-electron chi connectivity index (χ2n) is 4.21. The summed E-state index contributed by atoms with van der Waals surface area (Å²) in [4.78, 5) is 23.4. The van der Waals surface area contributed by atoms with Gasteiger partial charge in [0.2, 0.25) is 0 Å². The number of para-hydroxylation sites is 1. The van der Waals surface area contributed by atoms with Crippen LogP contribution in [0.25, 0.3) is 0 Å². The second kappa shape index (κ2) is 5.70. The van der Waals surface area contributed by atoms with Crippen molar-refractivity contribution in [3.63, 3.8) is 0 Å². The molecule has 2 N–H and O–H groups in total. The summed E-state index contributed by atoms with van der Waals surface area (Å²) >= 11 is 5.15. The molecule has 0 radical (unpaired) electrons. The largest absolute Gasteiger partial charge is 0.332 e. The van der Waals surface area contributed by atoms with Crippen molar-refractivity contribution in [2.45, 2.75) is 0 Å². The summed E-state index contributed by atoms with van der Waals surface area (Å²) in [5.41, 5.74) is 0.0134. The van der Waals surface area contributed by atoms with E-state index >= 15 is 0 Å². The van der Waals surface area contributed by atoms with Crippen molar-refractivity contribution in [1.82, 2.24) is 9.13 Å². The predicted molar refractivity (Wildman–Crippen MR) is 83.2 cm³/mol. The van der Waals surface area contributed by atoms with E-state index in [1.54, 1.807) is 7.05 Å². The summed E-state index contributed by atoms with van der Waals surface area (Å²) in [7, 11) is 2.99. The molecular formula is C13H14N4O2S. The van der Waals surface area contributed by atoms with Crippen LogP contribution in [-0.4, -0.2) is 14.2 Å². The topological polar surface area (TPSA) is 68.1 Å². The number of nitrogens with zero attached hydrogens (tertiary/aromatic N) is 2. The minimum absolute atomic E-state index is 0.305. The Morgan fingerprint density at radius 3 is 2.35 bits per heavy atom. The molecule has 0 aliphatic rings. The van der Waals surface area contributed by atoms with Crippen LogP contribution in [0, 0.1) is 0 Å². The first-order valence-electron chi connectivity index (χ1n) is 5.89. The molecule has 0 amide bonds. The zero-order valence-corrected chi connectivity index (χ0v) is 11.9. The van der Waals surface area contributed by atoms with E-state index in [1.165, 1.54) is 17.7 Å². The number of aromatic nitrogens is 2. The highest BCUT2D eigenvalue weighted by Gasteiger charge is 2.07. The summed E-state index contributed by atoms with van der Waals surface area (Å²) in [6, 6.07) is 10.7. The Balaban J connectivity index is 2.21. The van der Waals surface area contributed by atoms with Crippen LogP contribution < -0.4 is 21.9 Å². The molecule has 6 nitrogen and oxygen atoms in total. The summed E-state index contributed by atoms with van der Waals surface area (Å²) in [6.45, 7) is 0. The number of benzene rings is 1. The Morgan fingerprint density at radius 1 is 1.05 bits per heavy atom. The number of thiocarbonyl (C=S) groups is 1. The van der Waals surface area contributed by atoms with E-state index in [-0.39, 0.29) is 0 Å². The normalized spacial score (nSPS) is 10.1. The molecule has 0 fully saturated rings. The first-order valence-corrected chi connectivity index (χ1v) is 6.30. The van der Waals surface area contributed by atoms with E-state index in [9.17, 15) is 9.59 Å². The van der Waals surface area contributed by atoms with Gasteiger partial charge in [0, 0.05) is 25.8 Å². The quantitative estimate of drug-likeness (QED) is 0.804. The first-order chi connectivity index (χ1) is 9.49. The fourth-order valence-electron chi connectivity index (χ4n) is 1.65. The molecule has 1 heterocycles. The van der Waals surface area contributed by atoms with Gasteiger partial charge in [-0.15, -0.1) is 0 Å². The van der Waals surface area contributed by atoms with Crippen molar-refractivity contribution in [1.29, 1.82) is 0 Å². The fourth-order valence-corrected chi connectivity index (χ4v) is 1.88. The van der Waals surface area contributed by atoms with Gasteiger partial charge in [0.15, 0.2) is 5.11 Å². The Hall–Kier alpha value is -2.41. The van der Waals surface area contributed by atoms with Gasteiger partial charge < -0.3 is 10.6 Å². The zero-order valence-electron chi connectivity index (χ0n) is 11.1. The van der Waals surface area contributed by atoms with Crippen molar-refractivity contribution >= 4 is 28.8 Å². The van der Waals surface area contributed by atoms with Gasteiger partial charge >= 0.3 is 5.69 Å². The van der Waals surface area contributed by atoms with Crippen LogP contribution in [0.5, 0.6) is 0 Å². The van der Waals surface area contributed by atoms with Crippen LogP contribution in [0.1, 0.15) is 0 Å². The lowest BCUT2D eigenvalue weighted by Gasteiger charge is -2.13. The molecule has 0 saturated carbocycles. The maximum absolute atomic E-state index is 11.8. The Labute approximate surface area is 120 Å². The highest BCUT2D eigenvalue weighted by atomic mass is 32.1. The molecule has 0 saturated heterocycles. The number of hydrogen-bond donors (Lipinski definition) is 2. The standard InChI is InChI=1S/C13H14N4O2S/c1-16-10(8-11(18)17(2)13(16)19)15-12(20)14-9-6-4-3-5-7-9/h3-8H,1-2H3,(H2,14,15,20). The van der Waals surface area contributed by atoms with Gasteiger partial charge in [-0.1, -0.05) is 18.2 Å². The summed E-state index contributed by atoms with van der Waals surface area (Å²) in [6.07, 6.45) is 0. The van der Waals surface area contributed by atoms with Gasteiger partial charge in [0.05, 0.1) is 0 Å². The molecule has 0 spiro atoms. The second-order valence-corrected chi connectivity index (χ2v) is 4.62. The molecule has 0 bridgehead atoms. The lowest BCUT2D eigenvalue weighted by Crippen LogP contribution is -2.38. The molecule has 0 aliphatic carbocycles. The summed E-state index contributed by atoms with van der Waals surface area (Å²) < 4.78 is 2.35. The van der Waals surface area contributed by atoms with Crippen LogP contribution in [0.3, 0.4) is 0 Å². The van der Waals surface area contributed by atoms with Gasteiger partial charge in [0.1, 0.15) is 5.82 Å². The lowest BCUT2D eigenvalue weighted by atomic mass is 10.3. The maximum atomic E-state index is 11.8. The predicted octanol–water partition coefficient (Wildman–Crippen LogP) is 0.893. The maximum Gasteiger partial charge on any atom is 0.332 e. The van der Waals surface area contributed by atoms with Gasteiger partial charge in [-0.05, 0) is 24.4 Å². The molecule has 2 rings (SSSR count). The lowest BCUT2D eigenvalue weighted by molar-refractivity contribution is 0.693. The molecule has 1 aromatic heterocycles. The van der Waals surface area contributed by atoms with Gasteiger partial charge in [-0.3, -0.25) is 13.9 Å². The van der Waals surface area contributed by atoms with Gasteiger partial charge in [0.25, 0.3) is 5.56 Å². The third kappa shape index (κ3) is 2.94. The minimum atomic E-state index is -0.414. The number of rotatable bonds is 2. The molecule has 1 aromatic carbocycles. The van der Waals surface area contributed by atoms with Crippen LogP contribution in [0.4, 0.5) is 11.5 Å². The average molecular weight is 290 g/mol.